The summed E-state index contributed by atoms with van der Waals surface area (Å²) in [6.45, 7) is 4.21. The van der Waals surface area contributed by atoms with Crippen LogP contribution in [0.25, 0.3) is 32.9 Å². The van der Waals surface area contributed by atoms with Crippen molar-refractivity contribution in [2.24, 2.45) is 11.3 Å². The number of anilines is 1. The number of rotatable bonds is 8. The second-order valence-corrected chi connectivity index (χ2v) is 15.8. The number of alkyl halides is 2. The van der Waals surface area contributed by atoms with E-state index in [2.05, 4.69) is 20.8 Å². The first kappa shape index (κ1) is 35.6. The van der Waals surface area contributed by atoms with Gasteiger partial charge in [-0.05, 0) is 81.5 Å². The van der Waals surface area contributed by atoms with E-state index < -0.39 is 23.2 Å². The van der Waals surface area contributed by atoms with Gasteiger partial charge in [0, 0.05) is 54.9 Å². The first-order valence-electron chi connectivity index (χ1n) is 18.4. The highest BCUT2D eigenvalue weighted by atomic mass is 19.3. The van der Waals surface area contributed by atoms with Crippen LogP contribution in [0.15, 0.2) is 24.3 Å². The van der Waals surface area contributed by atoms with Gasteiger partial charge in [-0.2, -0.15) is 9.97 Å². The predicted octanol–water partition coefficient (Wildman–Crippen LogP) is 7.23. The number of likely N-dealkylation sites (tertiary alicyclic amines) is 1. The van der Waals surface area contributed by atoms with E-state index in [4.69, 9.17) is 20.9 Å². The molecule has 0 spiro atoms. The highest BCUT2D eigenvalue weighted by Gasteiger charge is 2.51. The van der Waals surface area contributed by atoms with Crippen molar-refractivity contribution in [3.63, 3.8) is 0 Å². The van der Waals surface area contributed by atoms with E-state index in [1.54, 1.807) is 6.92 Å². The number of methoxy groups -OCH3 is 1. The van der Waals surface area contributed by atoms with Crippen LogP contribution < -0.4 is 14.4 Å². The number of nitrogens with zero attached hydrogens (tertiary/aromatic N) is 5. The molecule has 13 heteroatoms. The molecule has 0 radical (unpaired) electrons. The van der Waals surface area contributed by atoms with Gasteiger partial charge in [0.15, 0.2) is 5.82 Å². The second-order valence-electron chi connectivity index (χ2n) is 15.8. The van der Waals surface area contributed by atoms with E-state index >= 15 is 8.78 Å². The molecule has 0 bridgehead atoms. The zero-order valence-corrected chi connectivity index (χ0v) is 29.9. The zero-order valence-electron chi connectivity index (χ0n) is 29.9. The summed E-state index contributed by atoms with van der Waals surface area (Å²) in [5, 5.41) is 22.5. The van der Waals surface area contributed by atoms with Crippen LogP contribution in [-0.4, -0.2) is 87.5 Å². The van der Waals surface area contributed by atoms with Gasteiger partial charge in [0.2, 0.25) is 11.8 Å². The van der Waals surface area contributed by atoms with E-state index in [1.165, 1.54) is 31.4 Å². The van der Waals surface area contributed by atoms with Gasteiger partial charge in [-0.3, -0.25) is 4.90 Å². The summed E-state index contributed by atoms with van der Waals surface area (Å²) >= 11 is 0. The molecule has 53 heavy (non-hydrogen) atoms. The number of phenols is 1. The Morgan fingerprint density at radius 3 is 2.53 bits per heavy atom. The summed E-state index contributed by atoms with van der Waals surface area (Å²) in [6, 6.07) is 5.42. The summed E-state index contributed by atoms with van der Waals surface area (Å²) in [6.07, 6.45) is 11.4. The number of aromatic hydroxyl groups is 1. The van der Waals surface area contributed by atoms with Crippen LogP contribution in [0.1, 0.15) is 70.3 Å². The molecule has 0 amide bonds. The van der Waals surface area contributed by atoms with Crippen molar-refractivity contribution in [1.82, 2.24) is 19.9 Å². The van der Waals surface area contributed by atoms with Crippen LogP contribution >= 0.6 is 0 Å². The molecule has 2 aliphatic carbocycles. The number of benzene rings is 2. The number of ether oxygens (including phenoxy) is 2. The number of piperidine rings is 2. The summed E-state index contributed by atoms with van der Waals surface area (Å²) in [7, 11) is 1.39. The molecule has 3 atom stereocenters. The highest BCUT2D eigenvalue weighted by molar-refractivity contribution is 6.04. The Hall–Kier alpha value is -4.41. The molecule has 2 N–H and O–H groups in total. The maximum atomic E-state index is 17.2. The first-order valence-corrected chi connectivity index (χ1v) is 18.4. The van der Waals surface area contributed by atoms with Crippen LogP contribution in [0.5, 0.6) is 17.6 Å². The highest BCUT2D eigenvalue weighted by Crippen LogP contribution is 2.50. The minimum atomic E-state index is -2.57. The lowest BCUT2D eigenvalue weighted by Crippen LogP contribution is -2.55. The molecule has 3 unspecified atom stereocenters. The van der Waals surface area contributed by atoms with Gasteiger partial charge in [-0.1, -0.05) is 18.4 Å². The average Bonchev–Trinajstić information content (AvgIpc) is 3.55. The topological polar surface area (TPSA) is 104 Å². The largest absolute Gasteiger partial charge is 0.508 e. The third-order valence-electron chi connectivity index (χ3n) is 11.9. The number of terminal acetylenes is 1. The maximum absolute atomic E-state index is 17.2. The van der Waals surface area contributed by atoms with Crippen LogP contribution in [0.3, 0.4) is 0 Å². The summed E-state index contributed by atoms with van der Waals surface area (Å²) in [5.74, 6) is -1.73. The van der Waals surface area contributed by atoms with E-state index in [-0.39, 0.29) is 99.9 Å². The van der Waals surface area contributed by atoms with Gasteiger partial charge in [-0.25, -0.2) is 22.5 Å². The minimum Gasteiger partial charge on any atom is -0.508 e. The number of phenolic OH excluding ortho intramolecular Hbond substituents is 1. The zero-order chi connectivity index (χ0) is 37.3. The SMILES string of the molecule is C#Cc1c(F)ccc2cc(O)cc(-c3nc(OC)c4c(N5CCCC(C)(O)C5)nc(OCC56CCCC5N(CC5CC(F)(F)C5)CCC6)nc4c3F)c12. The molecule has 2 aliphatic heterocycles. The van der Waals surface area contributed by atoms with Gasteiger partial charge < -0.3 is 24.6 Å². The van der Waals surface area contributed by atoms with Crippen LogP contribution in [0, 0.1) is 35.3 Å². The average molecular weight is 734 g/mol. The molecule has 2 aromatic carbocycles. The van der Waals surface area contributed by atoms with E-state index in [0.29, 0.717) is 31.3 Å². The number of fused-ring (bicyclic) bond motifs is 3. The molecule has 9 nitrogen and oxygen atoms in total. The molecular weight excluding hydrogens is 690 g/mol. The van der Waals surface area contributed by atoms with Crippen molar-refractivity contribution in [3.8, 4) is 41.2 Å². The number of halogens is 4. The first-order chi connectivity index (χ1) is 25.3. The van der Waals surface area contributed by atoms with Crippen molar-refractivity contribution in [1.29, 1.82) is 0 Å². The fourth-order valence-corrected chi connectivity index (χ4v) is 9.56. The summed E-state index contributed by atoms with van der Waals surface area (Å²) in [4.78, 5) is 18.2. The third-order valence-corrected chi connectivity index (χ3v) is 11.9. The third kappa shape index (κ3) is 6.37. The number of hydrogen-bond acceptors (Lipinski definition) is 9. The number of pyridine rings is 1. The number of hydrogen-bond donors (Lipinski definition) is 2. The molecule has 2 aromatic heterocycles. The molecule has 280 valence electrons. The van der Waals surface area contributed by atoms with Gasteiger partial charge in [0.25, 0.3) is 0 Å². The van der Waals surface area contributed by atoms with Crippen LogP contribution in [-0.2, 0) is 0 Å². The molecule has 4 fully saturated rings. The minimum absolute atomic E-state index is 0.0164. The molecule has 4 heterocycles. The second kappa shape index (κ2) is 13.2. The Kier molecular flexibility index (Phi) is 8.84. The van der Waals surface area contributed by atoms with Crippen LogP contribution in [0.4, 0.5) is 23.4 Å². The molecule has 2 saturated carbocycles. The van der Waals surface area contributed by atoms with Crippen LogP contribution in [0.2, 0.25) is 0 Å². The normalized spacial score (nSPS) is 26.0. The lowest BCUT2D eigenvalue weighted by atomic mass is 9.74. The van der Waals surface area contributed by atoms with Crippen molar-refractivity contribution in [2.45, 2.75) is 82.3 Å². The Morgan fingerprint density at radius 1 is 1.02 bits per heavy atom. The molecular formula is C40H43F4N5O4. The summed E-state index contributed by atoms with van der Waals surface area (Å²) < 4.78 is 71.9. The Labute approximate surface area is 305 Å². The van der Waals surface area contributed by atoms with Crippen molar-refractivity contribution >= 4 is 27.5 Å². The maximum Gasteiger partial charge on any atom is 0.319 e. The van der Waals surface area contributed by atoms with Crippen molar-refractivity contribution < 1.29 is 37.2 Å². The van der Waals surface area contributed by atoms with E-state index in [9.17, 15) is 19.0 Å². The van der Waals surface area contributed by atoms with Crippen molar-refractivity contribution in [2.75, 3.05) is 44.8 Å². The number of β-amino-alcohol motifs (C(OH)–C–C–N with tert-alkyl or cyclic N) is 1. The summed E-state index contributed by atoms with van der Waals surface area (Å²) in [5.41, 5.74) is -1.78. The lowest BCUT2D eigenvalue weighted by Gasteiger charge is -2.48. The standard InChI is InChI=1S/C40H43F4N5O4/c1-4-26-28(41)10-9-24-16-25(50)17-27(30(24)26)33-32(42)34-31(36(45-33)52-3)35(49-15-6-11-38(2,51)21-49)47-37(46-34)53-22-39-12-5-8-29(39)48(14-7-13-39)20-23-18-40(43,44)19-23/h1,9-10,16-17,23,29,50-51H,5-8,11-15,18-22H2,2-3H3. The fourth-order valence-electron chi connectivity index (χ4n) is 9.56. The lowest BCUT2D eigenvalue weighted by molar-refractivity contribution is -0.124. The monoisotopic (exact) mass is 733 g/mol. The van der Waals surface area contributed by atoms with E-state index in [0.717, 1.165) is 38.6 Å². The van der Waals surface area contributed by atoms with Gasteiger partial charge >= 0.3 is 6.01 Å². The van der Waals surface area contributed by atoms with Gasteiger partial charge in [-0.15, -0.1) is 6.42 Å². The molecule has 4 aromatic rings. The van der Waals surface area contributed by atoms with E-state index in [1.807, 2.05) is 4.90 Å². The molecule has 8 rings (SSSR count). The number of aliphatic hydroxyl groups is 1. The Morgan fingerprint density at radius 2 is 1.79 bits per heavy atom. The molecule has 4 aliphatic rings. The Bertz CT molecular complexity index is 2130. The van der Waals surface area contributed by atoms with Gasteiger partial charge in [0.1, 0.15) is 34.0 Å². The fraction of sp³-hybridized carbons (Fsp3) is 0.525. The molecule has 2 saturated heterocycles. The van der Waals surface area contributed by atoms with Gasteiger partial charge in [0.05, 0.1) is 24.9 Å². The smallest absolute Gasteiger partial charge is 0.319 e. The van der Waals surface area contributed by atoms with Crippen molar-refractivity contribution in [3.05, 3.63) is 41.5 Å². The number of aromatic nitrogens is 3. The predicted molar refractivity (Wildman–Crippen MR) is 192 cm³/mol. The quantitative estimate of drug-likeness (QED) is 0.144. The Balaban J connectivity index is 1.23.